The van der Waals surface area contributed by atoms with Gasteiger partial charge < -0.3 is 10.2 Å². The molecule has 7 heteroatoms. The minimum atomic E-state index is -3.50. The van der Waals surface area contributed by atoms with Crippen LogP contribution < -0.4 is 10.0 Å². The molecule has 6 nitrogen and oxygen atoms in total. The van der Waals surface area contributed by atoms with E-state index in [1.807, 2.05) is 12.1 Å². The first-order valence-electron chi connectivity index (χ1n) is 8.83. The van der Waals surface area contributed by atoms with Gasteiger partial charge in [-0.3, -0.25) is 0 Å². The number of benzene rings is 2. The zero-order chi connectivity index (χ0) is 20.0. The lowest BCUT2D eigenvalue weighted by atomic mass is 10.0. The molecule has 0 aliphatic rings. The second kappa shape index (κ2) is 9.01. The quantitative estimate of drug-likeness (QED) is 0.764. The Morgan fingerprint density at radius 3 is 2.33 bits per heavy atom. The predicted octanol–water partition coefficient (Wildman–Crippen LogP) is 3.06. The van der Waals surface area contributed by atoms with E-state index < -0.39 is 10.0 Å². The second-order valence-electron chi connectivity index (χ2n) is 6.77. The molecule has 0 bridgehead atoms. The van der Waals surface area contributed by atoms with Crippen molar-refractivity contribution >= 4 is 16.1 Å². The minimum Gasteiger partial charge on any atom is -0.334 e. The maximum absolute atomic E-state index is 12.3. The van der Waals surface area contributed by atoms with E-state index in [-0.39, 0.29) is 17.5 Å². The predicted molar refractivity (Wildman–Crippen MR) is 107 cm³/mol. The van der Waals surface area contributed by atoms with Crippen LogP contribution >= 0.6 is 0 Å². The maximum Gasteiger partial charge on any atom is 0.317 e. The summed E-state index contributed by atoms with van der Waals surface area (Å²) in [7, 11) is -0.402. The summed E-state index contributed by atoms with van der Waals surface area (Å²) in [4.78, 5) is 14.1. The summed E-state index contributed by atoms with van der Waals surface area (Å²) in [5.41, 5.74) is 3.04. The Bertz CT molecular complexity index is 878. The number of hydrogen-bond acceptors (Lipinski definition) is 3. The van der Waals surface area contributed by atoms with Crippen molar-refractivity contribution in [2.45, 2.75) is 37.8 Å². The molecule has 2 aromatic carbocycles. The van der Waals surface area contributed by atoms with Crippen molar-refractivity contribution in [3.63, 3.8) is 0 Å². The lowest BCUT2D eigenvalue weighted by Gasteiger charge is -2.18. The molecule has 2 rings (SSSR count). The van der Waals surface area contributed by atoms with E-state index in [0.717, 1.165) is 11.1 Å². The minimum absolute atomic E-state index is 0.176. The number of hydrogen-bond donors (Lipinski definition) is 2. The molecule has 0 radical (unpaired) electrons. The van der Waals surface area contributed by atoms with Gasteiger partial charge in [0.05, 0.1) is 4.90 Å². The second-order valence-corrected chi connectivity index (χ2v) is 8.65. The number of amides is 2. The van der Waals surface area contributed by atoms with Gasteiger partial charge >= 0.3 is 6.03 Å². The molecule has 0 aliphatic carbocycles. The zero-order valence-electron chi connectivity index (χ0n) is 16.2. The molecule has 146 valence electrons. The van der Waals surface area contributed by atoms with Crippen LogP contribution in [0.5, 0.6) is 0 Å². The monoisotopic (exact) mass is 389 g/mol. The van der Waals surface area contributed by atoms with E-state index in [9.17, 15) is 13.2 Å². The summed E-state index contributed by atoms with van der Waals surface area (Å²) in [5, 5.41) is 2.82. The highest BCUT2D eigenvalue weighted by molar-refractivity contribution is 7.89. The Hall–Kier alpha value is -2.38. The average molecular weight is 390 g/mol. The molecule has 0 saturated carbocycles. The van der Waals surface area contributed by atoms with Crippen molar-refractivity contribution in [2.75, 3.05) is 14.1 Å². The molecule has 0 unspecified atom stereocenters. The summed E-state index contributed by atoms with van der Waals surface area (Å²) in [6.45, 7) is 5.04. The standard InChI is InChI=1S/C20H27N3O3S/c1-15(2)18-10-8-16(9-11-18)14-23(4)20(24)22-13-17-6-5-7-19(12-17)27(25,26)21-3/h5-12,15,21H,13-14H2,1-4H3,(H,22,24). The number of nitrogens with one attached hydrogen (secondary N) is 2. The lowest BCUT2D eigenvalue weighted by Crippen LogP contribution is -2.36. The third-order valence-corrected chi connectivity index (χ3v) is 5.75. The smallest absolute Gasteiger partial charge is 0.317 e. The molecule has 27 heavy (non-hydrogen) atoms. The van der Waals surface area contributed by atoms with Crippen LogP contribution in [0.3, 0.4) is 0 Å². The Morgan fingerprint density at radius 1 is 1.07 bits per heavy atom. The molecule has 0 heterocycles. The van der Waals surface area contributed by atoms with Gasteiger partial charge in [-0.25, -0.2) is 17.9 Å². The highest BCUT2D eigenvalue weighted by atomic mass is 32.2. The van der Waals surface area contributed by atoms with Gasteiger partial charge in [0.2, 0.25) is 10.0 Å². The zero-order valence-corrected chi connectivity index (χ0v) is 17.0. The van der Waals surface area contributed by atoms with Crippen LogP contribution in [0.1, 0.15) is 36.5 Å². The molecular weight excluding hydrogens is 362 g/mol. The topological polar surface area (TPSA) is 78.5 Å². The molecule has 0 atom stereocenters. The molecule has 0 aromatic heterocycles. The fourth-order valence-corrected chi connectivity index (χ4v) is 3.41. The molecule has 2 amide bonds. The molecule has 2 N–H and O–H groups in total. The third-order valence-electron chi connectivity index (χ3n) is 4.33. The van der Waals surface area contributed by atoms with Crippen LogP contribution in [0.25, 0.3) is 0 Å². The summed E-state index contributed by atoms with van der Waals surface area (Å²) in [6.07, 6.45) is 0. The summed E-state index contributed by atoms with van der Waals surface area (Å²) in [6, 6.07) is 14.5. The Morgan fingerprint density at radius 2 is 1.74 bits per heavy atom. The third kappa shape index (κ3) is 5.80. The SMILES string of the molecule is CNS(=O)(=O)c1cccc(CNC(=O)N(C)Cc2ccc(C(C)C)cc2)c1. The van der Waals surface area contributed by atoms with Gasteiger partial charge in [0, 0.05) is 20.1 Å². The van der Waals surface area contributed by atoms with Gasteiger partial charge in [0.25, 0.3) is 0 Å². The first-order valence-corrected chi connectivity index (χ1v) is 10.3. The number of sulfonamides is 1. The molecule has 0 spiro atoms. The molecule has 2 aromatic rings. The number of urea groups is 1. The van der Waals surface area contributed by atoms with Crippen LogP contribution in [0.15, 0.2) is 53.4 Å². The summed E-state index contributed by atoms with van der Waals surface area (Å²) < 4.78 is 26.0. The van der Waals surface area contributed by atoms with E-state index in [0.29, 0.717) is 12.5 Å². The normalized spacial score (nSPS) is 11.4. The van der Waals surface area contributed by atoms with E-state index >= 15 is 0 Å². The number of carbonyl (C=O) groups excluding carboxylic acids is 1. The van der Waals surface area contributed by atoms with Crippen molar-refractivity contribution in [3.05, 3.63) is 65.2 Å². The molecule has 0 aliphatic heterocycles. The number of rotatable bonds is 7. The first kappa shape index (κ1) is 20.9. The van der Waals surface area contributed by atoms with Gasteiger partial charge in [-0.05, 0) is 41.8 Å². The summed E-state index contributed by atoms with van der Waals surface area (Å²) >= 11 is 0. The molecule has 0 saturated heterocycles. The average Bonchev–Trinajstić information content (AvgIpc) is 2.66. The number of nitrogens with zero attached hydrogens (tertiary/aromatic N) is 1. The van der Waals surface area contributed by atoms with Crippen LogP contribution in [0.2, 0.25) is 0 Å². The first-order chi connectivity index (χ1) is 12.7. The molecule has 0 fully saturated rings. The van der Waals surface area contributed by atoms with Crippen LogP contribution in [0, 0.1) is 0 Å². The van der Waals surface area contributed by atoms with E-state index in [2.05, 4.69) is 36.0 Å². The van der Waals surface area contributed by atoms with Gasteiger partial charge in [-0.1, -0.05) is 50.2 Å². The highest BCUT2D eigenvalue weighted by Crippen LogP contribution is 2.15. The van der Waals surface area contributed by atoms with Gasteiger partial charge in [-0.15, -0.1) is 0 Å². The number of carbonyl (C=O) groups is 1. The Balaban J connectivity index is 1.94. The Labute approximate surface area is 161 Å². The largest absolute Gasteiger partial charge is 0.334 e. The van der Waals surface area contributed by atoms with Crippen molar-refractivity contribution in [2.24, 2.45) is 0 Å². The van der Waals surface area contributed by atoms with E-state index in [4.69, 9.17) is 0 Å². The Kier molecular flexibility index (Phi) is 6.98. The summed E-state index contributed by atoms with van der Waals surface area (Å²) in [5.74, 6) is 0.475. The van der Waals surface area contributed by atoms with Crippen molar-refractivity contribution in [1.82, 2.24) is 14.9 Å². The van der Waals surface area contributed by atoms with Gasteiger partial charge in [0.15, 0.2) is 0 Å². The van der Waals surface area contributed by atoms with Gasteiger partial charge in [-0.2, -0.15) is 0 Å². The maximum atomic E-state index is 12.3. The lowest BCUT2D eigenvalue weighted by molar-refractivity contribution is 0.206. The van der Waals surface area contributed by atoms with E-state index in [1.165, 1.54) is 18.7 Å². The molecular formula is C20H27N3O3S. The van der Waals surface area contributed by atoms with Crippen LogP contribution in [0.4, 0.5) is 4.79 Å². The van der Waals surface area contributed by atoms with Crippen molar-refractivity contribution in [3.8, 4) is 0 Å². The van der Waals surface area contributed by atoms with Crippen molar-refractivity contribution in [1.29, 1.82) is 0 Å². The van der Waals surface area contributed by atoms with Crippen LogP contribution in [-0.2, 0) is 23.1 Å². The fourth-order valence-electron chi connectivity index (χ4n) is 2.61. The van der Waals surface area contributed by atoms with Crippen molar-refractivity contribution < 1.29 is 13.2 Å². The fraction of sp³-hybridized carbons (Fsp3) is 0.350. The van der Waals surface area contributed by atoms with Gasteiger partial charge in [0.1, 0.15) is 0 Å². The van der Waals surface area contributed by atoms with Crippen LogP contribution in [-0.4, -0.2) is 33.4 Å². The van der Waals surface area contributed by atoms with E-state index in [1.54, 1.807) is 30.1 Å². The highest BCUT2D eigenvalue weighted by Gasteiger charge is 2.13.